The molecule has 156 valence electrons. The van der Waals surface area contributed by atoms with E-state index in [1.165, 1.54) is 24.3 Å². The number of rotatable bonds is 6. The smallest absolute Gasteiger partial charge is 0.266 e. The highest BCUT2D eigenvalue weighted by Crippen LogP contribution is 2.25. The average molecular weight is 422 g/mol. The van der Waals surface area contributed by atoms with E-state index >= 15 is 0 Å². The Labute approximate surface area is 185 Å². The highest BCUT2D eigenvalue weighted by Gasteiger charge is 2.16. The van der Waals surface area contributed by atoms with Gasteiger partial charge < -0.3 is 5.32 Å². The van der Waals surface area contributed by atoms with E-state index in [0.717, 1.165) is 11.1 Å². The molecular weight excluding hydrogens is 403 g/mol. The van der Waals surface area contributed by atoms with Gasteiger partial charge in [-0.2, -0.15) is 10.4 Å². The molecule has 1 aromatic heterocycles. The van der Waals surface area contributed by atoms with Crippen molar-refractivity contribution >= 4 is 17.7 Å². The lowest BCUT2D eigenvalue weighted by Crippen LogP contribution is -2.14. The van der Waals surface area contributed by atoms with Crippen molar-refractivity contribution in [3.8, 4) is 17.3 Å². The summed E-state index contributed by atoms with van der Waals surface area (Å²) >= 11 is 0. The molecule has 1 amide bonds. The zero-order valence-corrected chi connectivity index (χ0v) is 17.1. The maximum absolute atomic E-state index is 13.9. The minimum Gasteiger partial charge on any atom is -0.319 e. The normalized spacial score (nSPS) is 11.1. The van der Waals surface area contributed by atoms with E-state index in [1.807, 2.05) is 66.7 Å². The zero-order valence-electron chi connectivity index (χ0n) is 17.1. The van der Waals surface area contributed by atoms with Crippen molar-refractivity contribution in [3.05, 3.63) is 114 Å². The van der Waals surface area contributed by atoms with Gasteiger partial charge in [-0.3, -0.25) is 9.48 Å². The molecule has 5 nitrogen and oxygen atoms in total. The molecule has 0 fully saturated rings. The van der Waals surface area contributed by atoms with Crippen LogP contribution in [0.5, 0.6) is 0 Å². The van der Waals surface area contributed by atoms with E-state index in [1.54, 1.807) is 16.9 Å². The van der Waals surface area contributed by atoms with Crippen LogP contribution in [0.15, 0.2) is 96.7 Å². The van der Waals surface area contributed by atoms with Crippen LogP contribution >= 0.6 is 0 Å². The van der Waals surface area contributed by atoms with Crippen molar-refractivity contribution in [1.29, 1.82) is 5.26 Å². The summed E-state index contributed by atoms with van der Waals surface area (Å²) in [5, 5.41) is 16.8. The molecule has 0 atom stereocenters. The summed E-state index contributed by atoms with van der Waals surface area (Å²) < 4.78 is 15.7. The first-order valence-corrected chi connectivity index (χ1v) is 9.98. The highest BCUT2D eigenvalue weighted by atomic mass is 19.1. The van der Waals surface area contributed by atoms with Crippen LogP contribution in [0.4, 0.5) is 10.1 Å². The SMILES string of the molecule is N#CC(=Cc1cn(Cc2ccccc2)nc1-c1ccccc1)C(=O)Nc1ccccc1F. The Morgan fingerprint density at radius 1 is 1.00 bits per heavy atom. The molecule has 0 aliphatic heterocycles. The second-order valence-electron chi connectivity index (χ2n) is 7.09. The molecule has 4 rings (SSSR count). The second-order valence-corrected chi connectivity index (χ2v) is 7.09. The molecule has 0 saturated heterocycles. The number of para-hydroxylation sites is 1. The fraction of sp³-hybridized carbons (Fsp3) is 0.0385. The van der Waals surface area contributed by atoms with Gasteiger partial charge in [-0.15, -0.1) is 0 Å². The van der Waals surface area contributed by atoms with Crippen LogP contribution in [0.2, 0.25) is 0 Å². The average Bonchev–Trinajstić information content (AvgIpc) is 3.22. The molecule has 4 aromatic rings. The van der Waals surface area contributed by atoms with Gasteiger partial charge in [-0.25, -0.2) is 4.39 Å². The predicted molar refractivity (Wildman–Crippen MR) is 122 cm³/mol. The van der Waals surface area contributed by atoms with E-state index in [0.29, 0.717) is 17.8 Å². The molecule has 1 N–H and O–H groups in total. The van der Waals surface area contributed by atoms with Gasteiger partial charge in [-0.05, 0) is 23.8 Å². The number of nitriles is 1. The number of nitrogens with zero attached hydrogens (tertiary/aromatic N) is 3. The fourth-order valence-electron chi connectivity index (χ4n) is 3.27. The van der Waals surface area contributed by atoms with E-state index in [-0.39, 0.29) is 11.3 Å². The number of anilines is 1. The summed E-state index contributed by atoms with van der Waals surface area (Å²) in [6, 6.07) is 27.1. The van der Waals surface area contributed by atoms with Crippen LogP contribution in [0, 0.1) is 17.1 Å². The molecule has 3 aromatic carbocycles. The summed E-state index contributed by atoms with van der Waals surface area (Å²) in [6.45, 7) is 0.540. The molecule has 1 heterocycles. The van der Waals surface area contributed by atoms with E-state index in [2.05, 4.69) is 5.32 Å². The Morgan fingerprint density at radius 3 is 2.34 bits per heavy atom. The molecule has 32 heavy (non-hydrogen) atoms. The molecular formula is C26H19FN4O. The van der Waals surface area contributed by atoms with Gasteiger partial charge in [0, 0.05) is 17.3 Å². The van der Waals surface area contributed by atoms with Crippen LogP contribution in [0.3, 0.4) is 0 Å². The van der Waals surface area contributed by atoms with Crippen LogP contribution in [-0.2, 0) is 11.3 Å². The number of benzene rings is 3. The molecule has 0 radical (unpaired) electrons. The number of amides is 1. The minimum absolute atomic E-state index is 0.0155. The Bertz CT molecular complexity index is 1300. The molecule has 6 heteroatoms. The third kappa shape index (κ3) is 4.79. The minimum atomic E-state index is -0.688. The van der Waals surface area contributed by atoms with Crippen molar-refractivity contribution < 1.29 is 9.18 Å². The van der Waals surface area contributed by atoms with Crippen molar-refractivity contribution in [2.24, 2.45) is 0 Å². The molecule has 0 aliphatic carbocycles. The maximum atomic E-state index is 13.9. The summed E-state index contributed by atoms with van der Waals surface area (Å²) in [5.74, 6) is -1.26. The van der Waals surface area contributed by atoms with Crippen LogP contribution in [0.25, 0.3) is 17.3 Å². The van der Waals surface area contributed by atoms with Gasteiger partial charge in [-0.1, -0.05) is 72.8 Å². The first-order chi connectivity index (χ1) is 15.6. The standard InChI is InChI=1S/C26H19FN4O/c27-23-13-7-8-14-24(23)29-26(32)21(16-28)15-22-18-31(17-19-9-3-1-4-10-19)30-25(22)20-11-5-2-6-12-20/h1-15,18H,17H2,(H,29,32). The van der Waals surface area contributed by atoms with Gasteiger partial charge in [0.15, 0.2) is 0 Å². The zero-order chi connectivity index (χ0) is 22.3. The van der Waals surface area contributed by atoms with Crippen LogP contribution in [-0.4, -0.2) is 15.7 Å². The van der Waals surface area contributed by atoms with E-state index < -0.39 is 11.7 Å². The van der Waals surface area contributed by atoms with Crippen molar-refractivity contribution in [2.75, 3.05) is 5.32 Å². The van der Waals surface area contributed by atoms with Crippen LogP contribution < -0.4 is 5.32 Å². The number of carbonyl (C=O) groups is 1. The second kappa shape index (κ2) is 9.54. The first-order valence-electron chi connectivity index (χ1n) is 9.98. The van der Waals surface area contributed by atoms with Crippen molar-refractivity contribution in [3.63, 3.8) is 0 Å². The maximum Gasteiger partial charge on any atom is 0.266 e. The molecule has 0 unspecified atom stereocenters. The quantitative estimate of drug-likeness (QED) is 0.339. The molecule has 0 bridgehead atoms. The summed E-state index contributed by atoms with van der Waals surface area (Å²) in [4.78, 5) is 12.7. The number of nitrogens with one attached hydrogen (secondary N) is 1. The van der Waals surface area contributed by atoms with Crippen molar-refractivity contribution in [2.45, 2.75) is 6.54 Å². The lowest BCUT2D eigenvalue weighted by molar-refractivity contribution is -0.112. The summed E-state index contributed by atoms with van der Waals surface area (Å²) in [5.41, 5.74) is 3.06. The summed E-state index contributed by atoms with van der Waals surface area (Å²) in [7, 11) is 0. The Hall–Kier alpha value is -4.50. The summed E-state index contributed by atoms with van der Waals surface area (Å²) in [6.07, 6.45) is 3.27. The largest absolute Gasteiger partial charge is 0.319 e. The number of carbonyl (C=O) groups excluding carboxylic acids is 1. The van der Waals surface area contributed by atoms with Gasteiger partial charge in [0.25, 0.3) is 5.91 Å². The highest BCUT2D eigenvalue weighted by molar-refractivity contribution is 6.10. The Kier molecular flexibility index (Phi) is 6.19. The van der Waals surface area contributed by atoms with Gasteiger partial charge in [0.05, 0.1) is 17.9 Å². The predicted octanol–water partition coefficient (Wildman–Crippen LogP) is 5.28. The van der Waals surface area contributed by atoms with Gasteiger partial charge >= 0.3 is 0 Å². The number of halogens is 1. The van der Waals surface area contributed by atoms with Gasteiger partial charge in [0.2, 0.25) is 0 Å². The number of hydrogen-bond donors (Lipinski definition) is 1. The topological polar surface area (TPSA) is 70.7 Å². The monoisotopic (exact) mass is 422 g/mol. The lowest BCUT2D eigenvalue weighted by atomic mass is 10.1. The van der Waals surface area contributed by atoms with E-state index in [9.17, 15) is 14.4 Å². The number of aromatic nitrogens is 2. The first kappa shape index (κ1) is 20.8. The third-order valence-corrected chi connectivity index (χ3v) is 4.81. The van der Waals surface area contributed by atoms with Gasteiger partial charge in [0.1, 0.15) is 17.5 Å². The molecule has 0 saturated carbocycles. The Morgan fingerprint density at radius 2 is 1.66 bits per heavy atom. The molecule has 0 aliphatic rings. The third-order valence-electron chi connectivity index (χ3n) is 4.81. The van der Waals surface area contributed by atoms with Crippen LogP contribution in [0.1, 0.15) is 11.1 Å². The number of hydrogen-bond acceptors (Lipinski definition) is 3. The van der Waals surface area contributed by atoms with E-state index in [4.69, 9.17) is 5.10 Å². The lowest BCUT2D eigenvalue weighted by Gasteiger charge is -2.05. The van der Waals surface area contributed by atoms with Crippen molar-refractivity contribution in [1.82, 2.24) is 9.78 Å². The Balaban J connectivity index is 1.70. The fourth-order valence-corrected chi connectivity index (χ4v) is 3.27. The molecule has 0 spiro atoms.